The van der Waals surface area contributed by atoms with E-state index in [-0.39, 0.29) is 17.7 Å². The van der Waals surface area contributed by atoms with Crippen molar-refractivity contribution in [2.45, 2.75) is 26.2 Å². The molecule has 1 aliphatic heterocycles. The molecule has 1 fully saturated rings. The fourth-order valence-electron chi connectivity index (χ4n) is 4.07. The van der Waals surface area contributed by atoms with Crippen LogP contribution in [0.4, 0.5) is 0 Å². The summed E-state index contributed by atoms with van der Waals surface area (Å²) < 4.78 is 0. The van der Waals surface area contributed by atoms with Crippen LogP contribution in [-0.2, 0) is 13.1 Å². The molecule has 0 aliphatic carbocycles. The van der Waals surface area contributed by atoms with Crippen molar-refractivity contribution in [1.29, 1.82) is 0 Å². The number of benzene rings is 3. The van der Waals surface area contributed by atoms with Crippen LogP contribution in [0.3, 0.4) is 0 Å². The Hall–Kier alpha value is -3.02. The molecule has 0 radical (unpaired) electrons. The number of aromatic hydroxyl groups is 3. The van der Waals surface area contributed by atoms with Gasteiger partial charge in [0.25, 0.3) is 0 Å². The molecule has 3 N–H and O–H groups in total. The van der Waals surface area contributed by atoms with Gasteiger partial charge in [-0.2, -0.15) is 0 Å². The van der Waals surface area contributed by atoms with Crippen molar-refractivity contribution in [2.75, 3.05) is 13.1 Å². The lowest BCUT2D eigenvalue weighted by Gasteiger charge is -2.32. The normalized spacial score (nSPS) is 15.8. The highest BCUT2D eigenvalue weighted by molar-refractivity contribution is 5.42. The maximum Gasteiger partial charge on any atom is 0.124 e. The lowest BCUT2D eigenvalue weighted by molar-refractivity contribution is 0.121. The Morgan fingerprint density at radius 1 is 0.724 bits per heavy atom. The molecule has 0 aromatic heterocycles. The van der Waals surface area contributed by atoms with Crippen LogP contribution in [0.2, 0.25) is 0 Å². The summed E-state index contributed by atoms with van der Waals surface area (Å²) in [7, 11) is 0. The number of hydrogen-bond donors (Lipinski definition) is 3. The largest absolute Gasteiger partial charge is 0.508 e. The fourth-order valence-corrected chi connectivity index (χ4v) is 4.07. The van der Waals surface area contributed by atoms with Gasteiger partial charge < -0.3 is 15.3 Å². The molecule has 0 bridgehead atoms. The highest BCUT2D eigenvalue weighted by Gasteiger charge is 2.35. The molecular formula is C24H26N2O3. The van der Waals surface area contributed by atoms with Crippen LogP contribution in [0.15, 0.2) is 66.7 Å². The smallest absolute Gasteiger partial charge is 0.124 e. The molecule has 0 spiro atoms. The molecule has 1 saturated heterocycles. The van der Waals surface area contributed by atoms with Crippen LogP contribution in [0, 0.1) is 6.92 Å². The summed E-state index contributed by atoms with van der Waals surface area (Å²) in [6.45, 7) is 4.62. The van der Waals surface area contributed by atoms with Crippen molar-refractivity contribution in [1.82, 2.24) is 9.80 Å². The second kappa shape index (κ2) is 8.15. The zero-order chi connectivity index (χ0) is 20.4. The van der Waals surface area contributed by atoms with Gasteiger partial charge in [-0.05, 0) is 24.6 Å². The average Bonchev–Trinajstić information content (AvgIpc) is 3.09. The van der Waals surface area contributed by atoms with E-state index < -0.39 is 0 Å². The third-order valence-corrected chi connectivity index (χ3v) is 5.64. The average molecular weight is 390 g/mol. The van der Waals surface area contributed by atoms with Gasteiger partial charge in [0.1, 0.15) is 17.2 Å². The number of phenols is 3. The summed E-state index contributed by atoms with van der Waals surface area (Å²) in [6, 6.07) is 20.5. The van der Waals surface area contributed by atoms with Gasteiger partial charge in [0.15, 0.2) is 0 Å². The summed E-state index contributed by atoms with van der Waals surface area (Å²) in [6.07, 6.45) is -0.158. The van der Waals surface area contributed by atoms with Crippen LogP contribution in [0.25, 0.3) is 0 Å². The van der Waals surface area contributed by atoms with Gasteiger partial charge in [-0.15, -0.1) is 0 Å². The summed E-state index contributed by atoms with van der Waals surface area (Å²) >= 11 is 0. The summed E-state index contributed by atoms with van der Waals surface area (Å²) in [5, 5.41) is 31.3. The summed E-state index contributed by atoms with van der Waals surface area (Å²) in [4.78, 5) is 4.51. The van der Waals surface area contributed by atoms with Gasteiger partial charge in [-0.1, -0.05) is 54.6 Å². The molecule has 5 nitrogen and oxygen atoms in total. The summed E-state index contributed by atoms with van der Waals surface area (Å²) in [5.41, 5.74) is 3.39. The van der Waals surface area contributed by atoms with Crippen molar-refractivity contribution in [3.8, 4) is 17.2 Å². The van der Waals surface area contributed by atoms with E-state index in [4.69, 9.17) is 0 Å². The molecule has 0 unspecified atom stereocenters. The first-order valence-electron chi connectivity index (χ1n) is 9.85. The fraction of sp³-hybridized carbons (Fsp3) is 0.250. The predicted molar refractivity (Wildman–Crippen MR) is 113 cm³/mol. The topological polar surface area (TPSA) is 67.2 Å². The minimum atomic E-state index is -0.158. The van der Waals surface area contributed by atoms with Crippen molar-refractivity contribution >= 4 is 0 Å². The van der Waals surface area contributed by atoms with Crippen LogP contribution in [-0.4, -0.2) is 38.2 Å². The number of phenolic OH excluding ortho intramolecular Hbond substituents is 3. The zero-order valence-corrected chi connectivity index (χ0v) is 16.5. The van der Waals surface area contributed by atoms with Crippen molar-refractivity contribution in [3.05, 3.63) is 89.0 Å². The first-order valence-corrected chi connectivity index (χ1v) is 9.85. The van der Waals surface area contributed by atoms with E-state index in [1.54, 1.807) is 12.1 Å². The van der Waals surface area contributed by atoms with E-state index in [9.17, 15) is 15.3 Å². The molecule has 1 aliphatic rings. The monoisotopic (exact) mass is 390 g/mol. The second-order valence-electron chi connectivity index (χ2n) is 7.58. The van der Waals surface area contributed by atoms with Crippen molar-refractivity contribution < 1.29 is 15.3 Å². The van der Waals surface area contributed by atoms with Gasteiger partial charge in [0.2, 0.25) is 0 Å². The number of hydrogen-bond acceptors (Lipinski definition) is 5. The Bertz CT molecular complexity index is 949. The minimum Gasteiger partial charge on any atom is -0.508 e. The van der Waals surface area contributed by atoms with Crippen LogP contribution in [0.5, 0.6) is 17.2 Å². The molecule has 0 saturated carbocycles. The molecular weight excluding hydrogens is 364 g/mol. The second-order valence-corrected chi connectivity index (χ2v) is 7.58. The molecule has 5 heteroatoms. The predicted octanol–water partition coefficient (Wildman–Crippen LogP) is 4.13. The molecule has 3 aromatic rings. The Kier molecular flexibility index (Phi) is 5.43. The molecule has 29 heavy (non-hydrogen) atoms. The highest BCUT2D eigenvalue weighted by atomic mass is 16.3. The molecule has 3 aromatic carbocycles. The number of nitrogens with zero attached hydrogens (tertiary/aromatic N) is 2. The van der Waals surface area contributed by atoms with E-state index in [1.165, 1.54) is 0 Å². The highest BCUT2D eigenvalue weighted by Crippen LogP contribution is 2.39. The number of rotatable bonds is 5. The molecule has 150 valence electrons. The van der Waals surface area contributed by atoms with E-state index in [1.807, 2.05) is 61.5 Å². The maximum atomic E-state index is 10.8. The Morgan fingerprint density at radius 2 is 1.24 bits per heavy atom. The van der Waals surface area contributed by atoms with Crippen molar-refractivity contribution in [3.63, 3.8) is 0 Å². The van der Waals surface area contributed by atoms with E-state index in [0.717, 1.165) is 35.3 Å². The Labute approximate surface area is 171 Å². The molecule has 1 heterocycles. The van der Waals surface area contributed by atoms with E-state index in [2.05, 4.69) is 9.80 Å². The zero-order valence-electron chi connectivity index (χ0n) is 16.5. The quantitative estimate of drug-likeness (QED) is 0.611. The first-order chi connectivity index (χ1) is 14.0. The Morgan fingerprint density at radius 3 is 1.76 bits per heavy atom. The molecule has 4 rings (SSSR count). The number of aryl methyl sites for hydroxylation is 1. The SMILES string of the molecule is Cc1cccc(C2N(Cc3ccccc3O)CCN2Cc2ccccc2O)c1O. The maximum absolute atomic E-state index is 10.8. The molecule has 0 atom stereocenters. The van der Waals surface area contributed by atoms with Gasteiger partial charge in [0, 0.05) is 42.9 Å². The van der Waals surface area contributed by atoms with Crippen LogP contribution in [0.1, 0.15) is 28.4 Å². The number of para-hydroxylation sites is 3. The first kappa shape index (κ1) is 19.3. The summed E-state index contributed by atoms with van der Waals surface area (Å²) in [5.74, 6) is 0.849. The van der Waals surface area contributed by atoms with E-state index in [0.29, 0.717) is 18.8 Å². The lowest BCUT2D eigenvalue weighted by Crippen LogP contribution is -2.30. The van der Waals surface area contributed by atoms with Gasteiger partial charge >= 0.3 is 0 Å². The Balaban J connectivity index is 1.69. The van der Waals surface area contributed by atoms with Gasteiger partial charge in [-0.3, -0.25) is 9.80 Å². The third kappa shape index (κ3) is 3.92. The van der Waals surface area contributed by atoms with E-state index >= 15 is 0 Å². The lowest BCUT2D eigenvalue weighted by atomic mass is 10.0. The molecule has 0 amide bonds. The minimum absolute atomic E-state index is 0.158. The third-order valence-electron chi connectivity index (χ3n) is 5.64. The van der Waals surface area contributed by atoms with Crippen molar-refractivity contribution in [2.24, 2.45) is 0 Å². The van der Waals surface area contributed by atoms with Crippen LogP contribution < -0.4 is 0 Å². The standard InChI is InChI=1S/C24H26N2O3/c1-17-7-6-10-20(23(17)29)24-25(15-18-8-2-4-11-21(18)27)13-14-26(24)16-19-9-3-5-12-22(19)28/h2-12,24,27-29H,13-16H2,1H3. The van der Waals surface area contributed by atoms with Crippen LogP contribution >= 0.6 is 0 Å². The van der Waals surface area contributed by atoms with Gasteiger partial charge in [0.05, 0.1) is 6.17 Å². The van der Waals surface area contributed by atoms with Gasteiger partial charge in [-0.25, -0.2) is 0 Å².